The standard InChI is InChI=1S/C20H20N6O4/c1-13(15-7-9-16(10-8-15)26(29)30)22-24-19(27)12-17-20(28)25-23-18(21-17)11-14-5-3-2-4-6-14/h2-10,17H,11-12H2,1H3,(H,21,23)(H,24,27)(H,25,28)/b22-13-/t17-/m0/s1. The molecule has 0 radical (unpaired) electrons. The molecule has 0 aromatic heterocycles. The Morgan fingerprint density at radius 1 is 1.17 bits per heavy atom. The zero-order chi connectivity index (χ0) is 21.5. The molecule has 0 fully saturated rings. The highest BCUT2D eigenvalue weighted by Gasteiger charge is 2.25. The van der Waals surface area contributed by atoms with Gasteiger partial charge in [-0.1, -0.05) is 30.3 Å². The van der Waals surface area contributed by atoms with Gasteiger partial charge >= 0.3 is 0 Å². The Hall–Kier alpha value is -4.08. The van der Waals surface area contributed by atoms with E-state index < -0.39 is 22.8 Å². The fourth-order valence-corrected chi connectivity index (χ4v) is 2.77. The van der Waals surface area contributed by atoms with Gasteiger partial charge < -0.3 is 0 Å². The fraction of sp³-hybridized carbons (Fsp3) is 0.200. The molecule has 1 atom stereocenters. The highest BCUT2D eigenvalue weighted by molar-refractivity contribution is 6.00. The van der Waals surface area contributed by atoms with Crippen molar-refractivity contribution in [1.82, 2.24) is 16.3 Å². The molecule has 0 unspecified atom stereocenters. The van der Waals surface area contributed by atoms with Gasteiger partial charge in [-0.25, -0.2) is 5.43 Å². The van der Waals surface area contributed by atoms with Crippen LogP contribution in [0.2, 0.25) is 0 Å². The third-order valence-corrected chi connectivity index (χ3v) is 4.38. The molecular weight excluding hydrogens is 388 g/mol. The van der Waals surface area contributed by atoms with Crippen molar-refractivity contribution in [1.29, 1.82) is 0 Å². The van der Waals surface area contributed by atoms with Crippen LogP contribution in [0.4, 0.5) is 5.69 Å². The van der Waals surface area contributed by atoms with Gasteiger partial charge in [-0.15, -0.1) is 0 Å². The second-order valence-corrected chi connectivity index (χ2v) is 6.61. The van der Waals surface area contributed by atoms with E-state index in [9.17, 15) is 19.7 Å². The van der Waals surface area contributed by atoms with E-state index in [1.165, 1.54) is 12.1 Å². The molecule has 3 rings (SSSR count). The van der Waals surface area contributed by atoms with Crippen LogP contribution in [0.1, 0.15) is 24.5 Å². The normalized spacial score (nSPS) is 16.2. The van der Waals surface area contributed by atoms with Crippen molar-refractivity contribution in [3.05, 3.63) is 75.8 Å². The number of nitro benzene ring substituents is 1. The van der Waals surface area contributed by atoms with Gasteiger partial charge in [-0.05, 0) is 30.2 Å². The van der Waals surface area contributed by atoms with Gasteiger partial charge in [0, 0.05) is 18.6 Å². The van der Waals surface area contributed by atoms with Crippen molar-refractivity contribution in [2.45, 2.75) is 25.8 Å². The zero-order valence-corrected chi connectivity index (χ0v) is 16.2. The summed E-state index contributed by atoms with van der Waals surface area (Å²) >= 11 is 0. The minimum Gasteiger partial charge on any atom is -0.285 e. The molecule has 30 heavy (non-hydrogen) atoms. The number of hydrogen-bond acceptors (Lipinski definition) is 7. The van der Waals surface area contributed by atoms with Crippen LogP contribution < -0.4 is 16.3 Å². The molecule has 2 amide bonds. The SMILES string of the molecule is C/C(=N/NC(=O)C[C@@H]1N=C(Cc2ccccc2)NNC1=O)c1ccc([N+](=O)[O-])cc1. The number of carbonyl (C=O) groups excluding carboxylic acids is 2. The number of amides is 2. The summed E-state index contributed by atoms with van der Waals surface area (Å²) in [5.41, 5.74) is 9.76. The molecule has 0 bridgehead atoms. The van der Waals surface area contributed by atoms with Gasteiger partial charge in [-0.3, -0.25) is 35.5 Å². The molecule has 1 heterocycles. The van der Waals surface area contributed by atoms with Crippen LogP contribution >= 0.6 is 0 Å². The lowest BCUT2D eigenvalue weighted by molar-refractivity contribution is -0.384. The third-order valence-electron chi connectivity index (χ3n) is 4.38. The van der Waals surface area contributed by atoms with Crippen molar-refractivity contribution in [3.8, 4) is 0 Å². The lowest BCUT2D eigenvalue weighted by Crippen LogP contribution is -2.52. The first kappa shape index (κ1) is 20.6. The van der Waals surface area contributed by atoms with Gasteiger partial charge in [0.15, 0.2) is 0 Å². The quantitative estimate of drug-likeness (QED) is 0.362. The number of rotatable bonds is 7. The van der Waals surface area contributed by atoms with E-state index in [0.717, 1.165) is 5.56 Å². The second-order valence-electron chi connectivity index (χ2n) is 6.61. The number of benzene rings is 2. The van der Waals surface area contributed by atoms with Crippen LogP contribution in [-0.2, 0) is 16.0 Å². The van der Waals surface area contributed by atoms with Crippen LogP contribution in [0.5, 0.6) is 0 Å². The van der Waals surface area contributed by atoms with Gasteiger partial charge in [-0.2, -0.15) is 5.10 Å². The first-order valence-electron chi connectivity index (χ1n) is 9.17. The summed E-state index contributed by atoms with van der Waals surface area (Å²) in [5.74, 6) is -0.316. The summed E-state index contributed by atoms with van der Waals surface area (Å²) in [5, 5.41) is 14.7. The Bertz CT molecular complexity index is 1000. The van der Waals surface area contributed by atoms with Gasteiger partial charge in [0.1, 0.15) is 11.9 Å². The van der Waals surface area contributed by atoms with E-state index in [2.05, 4.69) is 26.4 Å². The number of amidine groups is 1. The molecule has 154 valence electrons. The molecule has 1 aliphatic rings. The van der Waals surface area contributed by atoms with Crippen molar-refractivity contribution in [3.63, 3.8) is 0 Å². The maximum absolute atomic E-state index is 12.2. The Morgan fingerprint density at radius 3 is 2.53 bits per heavy atom. The Labute approximate surface area is 172 Å². The van der Waals surface area contributed by atoms with E-state index in [1.54, 1.807) is 19.1 Å². The number of nitrogens with zero attached hydrogens (tertiary/aromatic N) is 3. The summed E-state index contributed by atoms with van der Waals surface area (Å²) in [6.07, 6.45) is 0.333. The fourth-order valence-electron chi connectivity index (χ4n) is 2.77. The van der Waals surface area contributed by atoms with Crippen molar-refractivity contribution < 1.29 is 14.5 Å². The van der Waals surface area contributed by atoms with E-state index >= 15 is 0 Å². The molecule has 10 heteroatoms. The summed E-state index contributed by atoms with van der Waals surface area (Å²) < 4.78 is 0. The molecular formula is C20H20N6O4. The number of nitro groups is 1. The lowest BCUT2D eigenvalue weighted by Gasteiger charge is -2.21. The molecule has 2 aromatic rings. The largest absolute Gasteiger partial charge is 0.285 e. The zero-order valence-electron chi connectivity index (χ0n) is 16.2. The molecule has 0 saturated carbocycles. The monoisotopic (exact) mass is 408 g/mol. The van der Waals surface area contributed by atoms with Crippen LogP contribution in [0.3, 0.4) is 0 Å². The Morgan fingerprint density at radius 2 is 1.87 bits per heavy atom. The first-order chi connectivity index (χ1) is 14.4. The van der Waals surface area contributed by atoms with Gasteiger partial charge in [0.25, 0.3) is 11.6 Å². The molecule has 1 aliphatic heterocycles. The maximum atomic E-state index is 12.2. The van der Waals surface area contributed by atoms with E-state index in [4.69, 9.17) is 0 Å². The summed E-state index contributed by atoms with van der Waals surface area (Å²) in [7, 11) is 0. The van der Waals surface area contributed by atoms with Crippen molar-refractivity contribution >= 4 is 29.0 Å². The predicted molar refractivity (Wildman–Crippen MR) is 111 cm³/mol. The van der Waals surface area contributed by atoms with Crippen LogP contribution in [0, 0.1) is 10.1 Å². The molecule has 0 aliphatic carbocycles. The number of hydrogen-bond donors (Lipinski definition) is 3. The highest BCUT2D eigenvalue weighted by Crippen LogP contribution is 2.12. The minimum atomic E-state index is -0.861. The van der Waals surface area contributed by atoms with E-state index in [-0.39, 0.29) is 12.1 Å². The number of hydrazine groups is 1. The van der Waals surface area contributed by atoms with Crippen LogP contribution in [-0.4, -0.2) is 34.3 Å². The molecule has 2 aromatic carbocycles. The molecule has 0 saturated heterocycles. The smallest absolute Gasteiger partial charge is 0.269 e. The second kappa shape index (κ2) is 9.41. The molecule has 3 N–H and O–H groups in total. The lowest BCUT2D eigenvalue weighted by atomic mass is 10.1. The van der Waals surface area contributed by atoms with Gasteiger partial charge in [0.05, 0.1) is 17.1 Å². The Balaban J connectivity index is 1.59. The summed E-state index contributed by atoms with van der Waals surface area (Å²) in [6.45, 7) is 1.66. The van der Waals surface area contributed by atoms with Crippen molar-refractivity contribution in [2.75, 3.05) is 0 Å². The molecule has 10 nitrogen and oxygen atoms in total. The van der Waals surface area contributed by atoms with E-state index in [0.29, 0.717) is 23.5 Å². The summed E-state index contributed by atoms with van der Waals surface area (Å²) in [6, 6.07) is 14.6. The molecule has 0 spiro atoms. The average molecular weight is 408 g/mol. The number of hydrazone groups is 1. The number of non-ortho nitro benzene ring substituents is 1. The number of carbonyl (C=O) groups is 2. The predicted octanol–water partition coefficient (Wildman–Crippen LogP) is 1.47. The topological polar surface area (TPSA) is 138 Å². The highest BCUT2D eigenvalue weighted by atomic mass is 16.6. The van der Waals surface area contributed by atoms with Crippen LogP contribution in [0.15, 0.2) is 64.7 Å². The Kier molecular flexibility index (Phi) is 6.48. The average Bonchev–Trinajstić information content (AvgIpc) is 2.75. The first-order valence-corrected chi connectivity index (χ1v) is 9.17. The minimum absolute atomic E-state index is 0.0309. The number of nitrogens with one attached hydrogen (secondary N) is 3. The third kappa shape index (κ3) is 5.47. The van der Waals surface area contributed by atoms with Gasteiger partial charge in [0.2, 0.25) is 5.91 Å². The van der Waals surface area contributed by atoms with Crippen LogP contribution in [0.25, 0.3) is 0 Å². The number of aliphatic imine (C=N–C) groups is 1. The summed E-state index contributed by atoms with van der Waals surface area (Å²) in [4.78, 5) is 38.8. The maximum Gasteiger partial charge on any atom is 0.269 e. The van der Waals surface area contributed by atoms with Crippen molar-refractivity contribution in [2.24, 2.45) is 10.1 Å². The van der Waals surface area contributed by atoms with E-state index in [1.807, 2.05) is 30.3 Å².